The van der Waals surface area contributed by atoms with Crippen molar-refractivity contribution in [2.75, 3.05) is 11.9 Å². The zero-order valence-electron chi connectivity index (χ0n) is 18.6. The van der Waals surface area contributed by atoms with Crippen molar-refractivity contribution >= 4 is 49.1 Å². The molecule has 1 N–H and O–H groups in total. The molecule has 0 spiro atoms. The number of anilines is 1. The lowest BCUT2D eigenvalue weighted by Gasteiger charge is -2.05. The van der Waals surface area contributed by atoms with Crippen LogP contribution in [0.5, 0.6) is 0 Å². The second-order valence-corrected chi connectivity index (χ2v) is 10.4. The van der Waals surface area contributed by atoms with Crippen molar-refractivity contribution in [3.63, 3.8) is 0 Å². The standard InChI is InChI=1S/C24H23N3O5S2/c1-3-32-23(29)12-17-15-33-24(25-17)26-22(28)14-27-13-21(19-6-4-5-7-20(19)27)34(30,31)18-10-8-16(2)9-11-18/h4-11,13,15H,3,12,14H2,1-2H3,(H,25,26,28). The summed E-state index contributed by atoms with van der Waals surface area (Å²) in [6.45, 7) is 3.81. The molecule has 2 heterocycles. The number of esters is 1. The minimum Gasteiger partial charge on any atom is -0.466 e. The van der Waals surface area contributed by atoms with Gasteiger partial charge in [-0.3, -0.25) is 9.59 Å². The van der Waals surface area contributed by atoms with Crippen LogP contribution in [0.25, 0.3) is 10.9 Å². The number of hydrogen-bond acceptors (Lipinski definition) is 7. The van der Waals surface area contributed by atoms with E-state index in [1.807, 2.05) is 6.92 Å². The fourth-order valence-corrected chi connectivity index (χ4v) is 5.72. The molecule has 34 heavy (non-hydrogen) atoms. The van der Waals surface area contributed by atoms with E-state index in [0.29, 0.717) is 28.3 Å². The molecule has 1 amide bonds. The van der Waals surface area contributed by atoms with Gasteiger partial charge in [-0.2, -0.15) is 0 Å². The van der Waals surface area contributed by atoms with E-state index in [1.54, 1.807) is 65.4 Å². The molecule has 4 rings (SSSR count). The molecule has 0 atom stereocenters. The van der Waals surface area contributed by atoms with Crippen LogP contribution in [-0.2, 0) is 37.1 Å². The van der Waals surface area contributed by atoms with Gasteiger partial charge in [0.25, 0.3) is 0 Å². The summed E-state index contributed by atoms with van der Waals surface area (Å²) in [4.78, 5) is 28.9. The first kappa shape index (κ1) is 23.7. The monoisotopic (exact) mass is 497 g/mol. The zero-order valence-corrected chi connectivity index (χ0v) is 20.3. The van der Waals surface area contributed by atoms with Crippen LogP contribution in [0.4, 0.5) is 5.13 Å². The van der Waals surface area contributed by atoms with Gasteiger partial charge in [-0.25, -0.2) is 13.4 Å². The van der Waals surface area contributed by atoms with Crippen LogP contribution in [0.1, 0.15) is 18.2 Å². The van der Waals surface area contributed by atoms with Gasteiger partial charge in [0.2, 0.25) is 15.7 Å². The maximum absolute atomic E-state index is 13.3. The Morgan fingerprint density at radius 2 is 1.85 bits per heavy atom. The number of aromatic nitrogens is 2. The molecule has 0 fully saturated rings. The minimum atomic E-state index is -3.78. The summed E-state index contributed by atoms with van der Waals surface area (Å²) in [7, 11) is -3.78. The quantitative estimate of drug-likeness (QED) is 0.369. The molecular weight excluding hydrogens is 474 g/mol. The summed E-state index contributed by atoms with van der Waals surface area (Å²) in [5, 5.41) is 5.30. The van der Waals surface area contributed by atoms with Crippen molar-refractivity contribution in [1.29, 1.82) is 0 Å². The molecule has 8 nitrogen and oxygen atoms in total. The number of fused-ring (bicyclic) bond motifs is 1. The summed E-state index contributed by atoms with van der Waals surface area (Å²) < 4.78 is 33.2. The average molecular weight is 498 g/mol. The average Bonchev–Trinajstić information content (AvgIpc) is 3.39. The van der Waals surface area contributed by atoms with Gasteiger partial charge in [0, 0.05) is 22.5 Å². The van der Waals surface area contributed by atoms with Crippen molar-refractivity contribution in [2.45, 2.75) is 36.6 Å². The lowest BCUT2D eigenvalue weighted by atomic mass is 10.2. The van der Waals surface area contributed by atoms with Crippen LogP contribution >= 0.6 is 11.3 Å². The van der Waals surface area contributed by atoms with Crippen molar-refractivity contribution < 1.29 is 22.7 Å². The summed E-state index contributed by atoms with van der Waals surface area (Å²) in [6, 6.07) is 13.7. The summed E-state index contributed by atoms with van der Waals surface area (Å²) >= 11 is 1.20. The maximum atomic E-state index is 13.3. The molecule has 0 saturated carbocycles. The first-order chi connectivity index (χ1) is 16.3. The third-order valence-electron chi connectivity index (χ3n) is 5.12. The van der Waals surface area contributed by atoms with E-state index < -0.39 is 9.84 Å². The molecule has 0 radical (unpaired) electrons. The Bertz CT molecular complexity index is 1450. The summed E-state index contributed by atoms with van der Waals surface area (Å²) in [5.41, 5.74) is 2.10. The fourth-order valence-electron chi connectivity index (χ4n) is 3.52. The van der Waals surface area contributed by atoms with Gasteiger partial charge in [-0.1, -0.05) is 35.9 Å². The first-order valence-electron chi connectivity index (χ1n) is 10.6. The van der Waals surface area contributed by atoms with E-state index in [2.05, 4.69) is 10.3 Å². The maximum Gasteiger partial charge on any atom is 0.311 e. The van der Waals surface area contributed by atoms with Gasteiger partial charge in [0.05, 0.1) is 28.5 Å². The molecule has 0 aliphatic rings. The van der Waals surface area contributed by atoms with E-state index >= 15 is 0 Å². The van der Waals surface area contributed by atoms with Crippen LogP contribution in [0, 0.1) is 6.92 Å². The molecule has 0 saturated heterocycles. The molecule has 0 bridgehead atoms. The third kappa shape index (κ3) is 5.02. The van der Waals surface area contributed by atoms with E-state index in [9.17, 15) is 18.0 Å². The number of para-hydroxylation sites is 1. The molecule has 176 valence electrons. The number of carbonyl (C=O) groups is 2. The normalized spacial score (nSPS) is 11.5. The highest BCUT2D eigenvalue weighted by Crippen LogP contribution is 2.30. The highest BCUT2D eigenvalue weighted by Gasteiger charge is 2.24. The Balaban J connectivity index is 1.56. The highest BCUT2D eigenvalue weighted by molar-refractivity contribution is 7.91. The Hall–Kier alpha value is -3.50. The van der Waals surface area contributed by atoms with Crippen molar-refractivity contribution in [1.82, 2.24) is 9.55 Å². The second kappa shape index (κ2) is 9.78. The number of ether oxygens (including phenoxy) is 1. The summed E-state index contributed by atoms with van der Waals surface area (Å²) in [5.74, 6) is -0.746. The van der Waals surface area contributed by atoms with E-state index in [0.717, 1.165) is 5.56 Å². The lowest BCUT2D eigenvalue weighted by molar-refractivity contribution is -0.142. The Morgan fingerprint density at radius 3 is 2.59 bits per heavy atom. The van der Waals surface area contributed by atoms with Crippen LogP contribution < -0.4 is 5.32 Å². The predicted molar refractivity (Wildman–Crippen MR) is 130 cm³/mol. The second-order valence-electron chi connectivity index (χ2n) is 7.63. The molecule has 2 aromatic heterocycles. The zero-order chi connectivity index (χ0) is 24.3. The van der Waals surface area contributed by atoms with E-state index in [-0.39, 0.29) is 34.6 Å². The van der Waals surface area contributed by atoms with Crippen molar-refractivity contribution in [3.8, 4) is 0 Å². The van der Waals surface area contributed by atoms with Gasteiger partial charge in [0.15, 0.2) is 5.13 Å². The molecule has 0 aliphatic carbocycles. The number of carbonyl (C=O) groups excluding carboxylic acids is 2. The number of nitrogens with zero attached hydrogens (tertiary/aromatic N) is 2. The number of amides is 1. The van der Waals surface area contributed by atoms with Gasteiger partial charge in [0.1, 0.15) is 6.54 Å². The third-order valence-corrected chi connectivity index (χ3v) is 7.72. The van der Waals surface area contributed by atoms with E-state index in [4.69, 9.17) is 4.74 Å². The SMILES string of the molecule is CCOC(=O)Cc1csc(NC(=O)Cn2cc(S(=O)(=O)c3ccc(C)cc3)c3ccccc32)n1. The van der Waals surface area contributed by atoms with Crippen molar-refractivity contribution in [2.24, 2.45) is 0 Å². The van der Waals surface area contributed by atoms with Crippen LogP contribution in [-0.4, -0.2) is 36.5 Å². The number of rotatable bonds is 8. The molecule has 2 aromatic carbocycles. The fraction of sp³-hybridized carbons (Fsp3) is 0.208. The molecule has 0 aliphatic heterocycles. The van der Waals surface area contributed by atoms with Crippen LogP contribution in [0.15, 0.2) is 69.9 Å². The Kier molecular flexibility index (Phi) is 6.80. The predicted octanol–water partition coefficient (Wildman–Crippen LogP) is 3.98. The first-order valence-corrected chi connectivity index (χ1v) is 12.9. The van der Waals surface area contributed by atoms with Crippen LogP contribution in [0.3, 0.4) is 0 Å². The van der Waals surface area contributed by atoms with Gasteiger partial charge < -0.3 is 14.6 Å². The topological polar surface area (TPSA) is 107 Å². The lowest BCUT2D eigenvalue weighted by Crippen LogP contribution is -2.18. The molecule has 4 aromatic rings. The molecular formula is C24H23N3O5S2. The Labute approximate surface area is 201 Å². The number of aryl methyl sites for hydroxylation is 1. The molecule has 10 heteroatoms. The van der Waals surface area contributed by atoms with Gasteiger partial charge >= 0.3 is 5.97 Å². The number of nitrogens with one attached hydrogen (secondary N) is 1. The van der Waals surface area contributed by atoms with Gasteiger partial charge in [-0.05, 0) is 32.0 Å². The number of thiazole rings is 1. The van der Waals surface area contributed by atoms with Gasteiger partial charge in [-0.15, -0.1) is 11.3 Å². The number of sulfone groups is 1. The number of benzene rings is 2. The van der Waals surface area contributed by atoms with Crippen LogP contribution in [0.2, 0.25) is 0 Å². The highest BCUT2D eigenvalue weighted by atomic mass is 32.2. The van der Waals surface area contributed by atoms with Crippen molar-refractivity contribution in [3.05, 3.63) is 71.4 Å². The number of hydrogen-bond donors (Lipinski definition) is 1. The smallest absolute Gasteiger partial charge is 0.311 e. The summed E-state index contributed by atoms with van der Waals surface area (Å²) in [6.07, 6.45) is 1.52. The molecule has 0 unspecified atom stereocenters. The van der Waals surface area contributed by atoms with E-state index in [1.165, 1.54) is 17.5 Å². The minimum absolute atomic E-state index is 0.0304. The Morgan fingerprint density at radius 1 is 1.12 bits per heavy atom. The largest absolute Gasteiger partial charge is 0.466 e.